The molecule has 0 saturated heterocycles. The molecule has 4 rings (SSSR count). The van der Waals surface area contributed by atoms with Crippen molar-refractivity contribution in [1.29, 1.82) is 0 Å². The number of amides is 1. The van der Waals surface area contributed by atoms with E-state index in [-0.39, 0.29) is 12.5 Å². The molecule has 0 unspecified atom stereocenters. The van der Waals surface area contributed by atoms with E-state index in [1.165, 1.54) is 0 Å². The summed E-state index contributed by atoms with van der Waals surface area (Å²) in [6, 6.07) is 23.5. The number of aryl methyl sites for hydroxylation is 1. The highest BCUT2D eigenvalue weighted by Gasteiger charge is 2.12. The van der Waals surface area contributed by atoms with E-state index < -0.39 is 0 Å². The van der Waals surface area contributed by atoms with Gasteiger partial charge in [0, 0.05) is 47.6 Å². The van der Waals surface area contributed by atoms with E-state index >= 15 is 0 Å². The van der Waals surface area contributed by atoms with E-state index in [0.717, 1.165) is 28.2 Å². The number of nitrogens with zero attached hydrogens (tertiary/aromatic N) is 4. The summed E-state index contributed by atoms with van der Waals surface area (Å²) in [5.74, 6) is 0.904. The zero-order valence-electron chi connectivity index (χ0n) is 17.8. The molecule has 32 heavy (non-hydrogen) atoms. The average Bonchev–Trinajstić information content (AvgIpc) is 2.79. The molecule has 7 heteroatoms. The minimum atomic E-state index is -0.383. The Balaban J connectivity index is 1.59. The van der Waals surface area contributed by atoms with Crippen molar-refractivity contribution in [2.75, 3.05) is 16.8 Å². The molecule has 0 bridgehead atoms. The zero-order valence-corrected chi connectivity index (χ0v) is 17.8. The fourth-order valence-corrected chi connectivity index (χ4v) is 3.42. The van der Waals surface area contributed by atoms with Crippen LogP contribution in [0.4, 0.5) is 17.2 Å². The number of carbonyl (C=O) groups excluding carboxylic acids is 1. The first-order valence-corrected chi connectivity index (χ1v) is 10.3. The molecule has 0 aliphatic heterocycles. The summed E-state index contributed by atoms with van der Waals surface area (Å²) in [6.45, 7) is 2.62. The topological polar surface area (TPSA) is 97.0 Å². The van der Waals surface area contributed by atoms with Gasteiger partial charge < -0.3 is 16.0 Å². The molecule has 2 aromatic heterocycles. The van der Waals surface area contributed by atoms with Crippen LogP contribution in [0.1, 0.15) is 11.3 Å². The van der Waals surface area contributed by atoms with E-state index in [1.54, 1.807) is 12.4 Å². The van der Waals surface area contributed by atoms with Crippen molar-refractivity contribution in [3.8, 4) is 11.4 Å². The van der Waals surface area contributed by atoms with Crippen molar-refractivity contribution < 1.29 is 4.79 Å². The Kier molecular flexibility index (Phi) is 6.36. The average molecular weight is 425 g/mol. The predicted octanol–water partition coefficient (Wildman–Crippen LogP) is 4.08. The number of hydrogen-bond acceptors (Lipinski definition) is 6. The summed E-state index contributed by atoms with van der Waals surface area (Å²) in [5, 5.41) is 3.35. The van der Waals surface area contributed by atoms with Crippen LogP contribution in [0.3, 0.4) is 0 Å². The number of pyridine rings is 1. The minimum Gasteiger partial charge on any atom is -0.368 e. The van der Waals surface area contributed by atoms with Gasteiger partial charge in [0.1, 0.15) is 5.82 Å². The molecule has 1 amide bonds. The number of aromatic nitrogens is 3. The fraction of sp³-hybridized carbons (Fsp3) is 0.120. The Morgan fingerprint density at radius 1 is 1.00 bits per heavy atom. The third kappa shape index (κ3) is 5.46. The van der Waals surface area contributed by atoms with Crippen LogP contribution in [0.15, 0.2) is 85.2 Å². The van der Waals surface area contributed by atoms with Crippen LogP contribution in [0, 0.1) is 6.92 Å². The van der Waals surface area contributed by atoms with Crippen molar-refractivity contribution in [1.82, 2.24) is 15.0 Å². The normalized spacial score (nSPS) is 10.5. The SMILES string of the molecule is Cc1cc(Nc2cccc(N(CC(N)=O)Cc3ccccc3)c2)nc(-c2cccnc2)n1. The largest absolute Gasteiger partial charge is 0.368 e. The number of benzene rings is 2. The number of nitrogens with two attached hydrogens (primary N) is 1. The number of primary amides is 1. The van der Waals surface area contributed by atoms with Gasteiger partial charge in [-0.1, -0.05) is 36.4 Å². The molecule has 0 fully saturated rings. The van der Waals surface area contributed by atoms with Crippen LogP contribution in [0.25, 0.3) is 11.4 Å². The molecule has 0 radical (unpaired) electrons. The van der Waals surface area contributed by atoms with Gasteiger partial charge in [-0.05, 0) is 42.8 Å². The van der Waals surface area contributed by atoms with Crippen molar-refractivity contribution >= 4 is 23.1 Å². The van der Waals surface area contributed by atoms with Gasteiger partial charge in [0.15, 0.2) is 5.82 Å². The molecule has 0 aliphatic carbocycles. The molecule has 2 aromatic carbocycles. The van der Waals surface area contributed by atoms with Crippen LogP contribution in [-0.2, 0) is 11.3 Å². The maximum Gasteiger partial charge on any atom is 0.236 e. The lowest BCUT2D eigenvalue weighted by atomic mass is 10.2. The highest BCUT2D eigenvalue weighted by Crippen LogP contribution is 2.25. The Morgan fingerprint density at radius 2 is 1.84 bits per heavy atom. The summed E-state index contributed by atoms with van der Waals surface area (Å²) >= 11 is 0. The van der Waals surface area contributed by atoms with E-state index in [0.29, 0.717) is 18.2 Å². The van der Waals surface area contributed by atoms with Crippen LogP contribution in [-0.4, -0.2) is 27.4 Å². The Bertz CT molecular complexity index is 1200. The highest BCUT2D eigenvalue weighted by atomic mass is 16.1. The number of nitrogens with one attached hydrogen (secondary N) is 1. The lowest BCUT2D eigenvalue weighted by Gasteiger charge is -2.24. The van der Waals surface area contributed by atoms with Crippen LogP contribution in [0.2, 0.25) is 0 Å². The first kappa shape index (κ1) is 21.0. The van der Waals surface area contributed by atoms with Crippen molar-refractivity contribution in [2.45, 2.75) is 13.5 Å². The number of hydrogen-bond donors (Lipinski definition) is 2. The molecule has 3 N–H and O–H groups in total. The molecule has 0 aliphatic rings. The van der Waals surface area contributed by atoms with Gasteiger partial charge in [-0.3, -0.25) is 9.78 Å². The van der Waals surface area contributed by atoms with E-state index in [9.17, 15) is 4.79 Å². The molecule has 7 nitrogen and oxygen atoms in total. The summed E-state index contributed by atoms with van der Waals surface area (Å²) in [5.41, 5.74) is 10.0. The Labute approximate surface area is 187 Å². The summed E-state index contributed by atoms with van der Waals surface area (Å²) in [4.78, 5) is 27.0. The molecule has 160 valence electrons. The molecule has 0 atom stereocenters. The quantitative estimate of drug-likeness (QED) is 0.442. The van der Waals surface area contributed by atoms with E-state index in [1.807, 2.05) is 84.6 Å². The molecule has 2 heterocycles. The van der Waals surface area contributed by atoms with Crippen molar-refractivity contribution in [2.24, 2.45) is 5.73 Å². The summed E-state index contributed by atoms with van der Waals surface area (Å²) in [6.07, 6.45) is 3.46. The number of rotatable bonds is 8. The third-order valence-electron chi connectivity index (χ3n) is 4.82. The lowest BCUT2D eigenvalue weighted by molar-refractivity contribution is -0.116. The Hall–Kier alpha value is -4.26. The first-order chi connectivity index (χ1) is 15.6. The van der Waals surface area contributed by atoms with Crippen molar-refractivity contribution in [3.63, 3.8) is 0 Å². The fourth-order valence-electron chi connectivity index (χ4n) is 3.42. The van der Waals surface area contributed by atoms with Crippen LogP contribution < -0.4 is 16.0 Å². The summed E-state index contributed by atoms with van der Waals surface area (Å²) in [7, 11) is 0. The van der Waals surface area contributed by atoms with Gasteiger partial charge in [-0.2, -0.15) is 0 Å². The molecule has 0 spiro atoms. The first-order valence-electron chi connectivity index (χ1n) is 10.3. The van der Waals surface area contributed by atoms with Gasteiger partial charge in [0.2, 0.25) is 5.91 Å². The summed E-state index contributed by atoms with van der Waals surface area (Å²) < 4.78 is 0. The minimum absolute atomic E-state index is 0.121. The Morgan fingerprint density at radius 3 is 2.59 bits per heavy atom. The lowest BCUT2D eigenvalue weighted by Crippen LogP contribution is -2.33. The number of carbonyl (C=O) groups is 1. The van der Waals surface area contributed by atoms with E-state index in [2.05, 4.69) is 20.3 Å². The molecular weight excluding hydrogens is 400 g/mol. The maximum absolute atomic E-state index is 11.7. The maximum atomic E-state index is 11.7. The second-order valence-corrected chi connectivity index (χ2v) is 7.44. The molecule has 0 saturated carbocycles. The number of anilines is 3. The van der Waals surface area contributed by atoms with Gasteiger partial charge in [0.05, 0.1) is 6.54 Å². The second kappa shape index (κ2) is 9.70. The second-order valence-electron chi connectivity index (χ2n) is 7.44. The molecule has 4 aromatic rings. The smallest absolute Gasteiger partial charge is 0.236 e. The van der Waals surface area contributed by atoms with Crippen molar-refractivity contribution in [3.05, 3.63) is 96.4 Å². The van der Waals surface area contributed by atoms with Crippen LogP contribution >= 0.6 is 0 Å². The van der Waals surface area contributed by atoms with Gasteiger partial charge in [-0.25, -0.2) is 9.97 Å². The highest BCUT2D eigenvalue weighted by molar-refractivity contribution is 5.80. The van der Waals surface area contributed by atoms with Gasteiger partial charge in [-0.15, -0.1) is 0 Å². The van der Waals surface area contributed by atoms with E-state index in [4.69, 9.17) is 5.73 Å². The monoisotopic (exact) mass is 424 g/mol. The van der Waals surface area contributed by atoms with Gasteiger partial charge >= 0.3 is 0 Å². The van der Waals surface area contributed by atoms with Gasteiger partial charge in [0.25, 0.3) is 0 Å². The predicted molar refractivity (Wildman–Crippen MR) is 126 cm³/mol. The zero-order chi connectivity index (χ0) is 22.3. The van der Waals surface area contributed by atoms with Crippen LogP contribution in [0.5, 0.6) is 0 Å². The molecular formula is C25H24N6O. The standard InChI is InChI=1S/C25H24N6O/c1-18-13-24(30-25(28-18)20-9-6-12-27-15-20)29-21-10-5-11-22(14-21)31(17-23(26)32)16-19-7-3-2-4-8-19/h2-15H,16-17H2,1H3,(H2,26,32)(H,28,29,30). The third-order valence-corrected chi connectivity index (χ3v) is 4.82.